The van der Waals surface area contributed by atoms with Crippen LogP contribution in [0.1, 0.15) is 46.0 Å². The third-order valence-corrected chi connectivity index (χ3v) is 2.63. The smallest absolute Gasteiger partial charge is 0.0806 e. The lowest BCUT2D eigenvalue weighted by molar-refractivity contribution is 0.444. The molecule has 16 heavy (non-hydrogen) atoms. The Morgan fingerprint density at radius 2 is 1.88 bits per heavy atom. The quantitative estimate of drug-likeness (QED) is 0.504. The molecule has 0 radical (unpaired) electrons. The number of nitrogens with zero attached hydrogens (tertiary/aromatic N) is 2. The van der Waals surface area contributed by atoms with Gasteiger partial charge in [-0.2, -0.15) is 0 Å². The SMILES string of the molecule is C=C/C=C(/C=NC1CCCCC1)N=C(C)C. The summed E-state index contributed by atoms with van der Waals surface area (Å²) in [6.45, 7) is 7.68. The molecule has 1 aliphatic rings. The number of hydrogen-bond donors (Lipinski definition) is 0. The van der Waals surface area contributed by atoms with Gasteiger partial charge in [0.25, 0.3) is 0 Å². The molecule has 1 fully saturated rings. The maximum absolute atomic E-state index is 4.61. The van der Waals surface area contributed by atoms with Gasteiger partial charge in [-0.15, -0.1) is 0 Å². The third-order valence-electron chi connectivity index (χ3n) is 2.63. The van der Waals surface area contributed by atoms with Gasteiger partial charge in [0.2, 0.25) is 0 Å². The highest BCUT2D eigenvalue weighted by Gasteiger charge is 2.10. The van der Waals surface area contributed by atoms with E-state index >= 15 is 0 Å². The number of rotatable bonds is 4. The van der Waals surface area contributed by atoms with Crippen molar-refractivity contribution in [2.24, 2.45) is 9.98 Å². The largest absolute Gasteiger partial charge is 0.288 e. The highest BCUT2D eigenvalue weighted by molar-refractivity contribution is 5.87. The molecule has 2 nitrogen and oxygen atoms in total. The predicted octanol–water partition coefficient (Wildman–Crippen LogP) is 3.94. The van der Waals surface area contributed by atoms with Gasteiger partial charge in [0.05, 0.1) is 11.7 Å². The standard InChI is InChI=1S/C14H22N2/c1-4-8-14(16-12(2)3)11-15-13-9-6-5-7-10-13/h4,8,11,13H,1,5-7,9-10H2,2-3H3/b14-8-,15-11?. The molecule has 0 aliphatic heterocycles. The zero-order valence-electron chi connectivity index (χ0n) is 10.4. The van der Waals surface area contributed by atoms with Gasteiger partial charge in [-0.05, 0) is 32.8 Å². The summed E-state index contributed by atoms with van der Waals surface area (Å²) in [5.41, 5.74) is 1.95. The summed E-state index contributed by atoms with van der Waals surface area (Å²) in [7, 11) is 0. The molecule has 88 valence electrons. The van der Waals surface area contributed by atoms with Crippen molar-refractivity contribution in [3.8, 4) is 0 Å². The predicted molar refractivity (Wildman–Crippen MR) is 72.4 cm³/mol. The van der Waals surface area contributed by atoms with Crippen LogP contribution in [0.3, 0.4) is 0 Å². The highest BCUT2D eigenvalue weighted by Crippen LogP contribution is 2.20. The third kappa shape index (κ3) is 5.06. The van der Waals surface area contributed by atoms with Gasteiger partial charge >= 0.3 is 0 Å². The van der Waals surface area contributed by atoms with E-state index in [9.17, 15) is 0 Å². The molecule has 0 atom stereocenters. The van der Waals surface area contributed by atoms with E-state index in [1.54, 1.807) is 6.08 Å². The normalized spacial score (nSPS) is 18.8. The molecular weight excluding hydrogens is 196 g/mol. The minimum absolute atomic E-state index is 0.509. The molecule has 0 spiro atoms. The Hall–Kier alpha value is -1.18. The summed E-state index contributed by atoms with van der Waals surface area (Å²) in [6, 6.07) is 0.509. The monoisotopic (exact) mass is 218 g/mol. The minimum atomic E-state index is 0.509. The van der Waals surface area contributed by atoms with Crippen LogP contribution < -0.4 is 0 Å². The summed E-state index contributed by atoms with van der Waals surface area (Å²) in [6.07, 6.45) is 12.0. The molecule has 0 unspecified atom stereocenters. The lowest BCUT2D eigenvalue weighted by atomic mass is 9.96. The number of allylic oxidation sites excluding steroid dienone is 3. The molecular formula is C14H22N2. The van der Waals surface area contributed by atoms with Gasteiger partial charge < -0.3 is 0 Å². The minimum Gasteiger partial charge on any atom is -0.288 e. The average Bonchev–Trinajstić information content (AvgIpc) is 2.27. The van der Waals surface area contributed by atoms with Crippen LogP contribution in [0.2, 0.25) is 0 Å². The van der Waals surface area contributed by atoms with Crippen molar-refractivity contribution >= 4 is 11.9 Å². The fourth-order valence-electron chi connectivity index (χ4n) is 1.90. The van der Waals surface area contributed by atoms with E-state index in [1.807, 2.05) is 26.1 Å². The summed E-state index contributed by atoms with van der Waals surface area (Å²) in [4.78, 5) is 9.02. The zero-order chi connectivity index (χ0) is 11.8. The van der Waals surface area contributed by atoms with Crippen LogP contribution in [-0.2, 0) is 0 Å². The van der Waals surface area contributed by atoms with E-state index in [0.717, 1.165) is 11.4 Å². The maximum Gasteiger partial charge on any atom is 0.0806 e. The first-order chi connectivity index (χ1) is 7.72. The molecule has 0 saturated heterocycles. The van der Waals surface area contributed by atoms with Crippen LogP contribution in [0.4, 0.5) is 0 Å². The van der Waals surface area contributed by atoms with E-state index in [0.29, 0.717) is 6.04 Å². The average molecular weight is 218 g/mol. The highest BCUT2D eigenvalue weighted by atomic mass is 14.8. The molecule has 0 amide bonds. The number of hydrogen-bond acceptors (Lipinski definition) is 2. The molecule has 0 bridgehead atoms. The van der Waals surface area contributed by atoms with Crippen LogP contribution in [0.15, 0.2) is 34.4 Å². The van der Waals surface area contributed by atoms with Crippen LogP contribution in [0, 0.1) is 0 Å². The Morgan fingerprint density at radius 3 is 2.44 bits per heavy atom. The van der Waals surface area contributed by atoms with E-state index in [-0.39, 0.29) is 0 Å². The fraction of sp³-hybridized carbons (Fsp3) is 0.571. The van der Waals surface area contributed by atoms with Crippen molar-refractivity contribution in [2.75, 3.05) is 0 Å². The maximum atomic E-state index is 4.61. The first kappa shape index (κ1) is 12.9. The van der Waals surface area contributed by atoms with Crippen molar-refractivity contribution in [2.45, 2.75) is 52.0 Å². The molecule has 0 heterocycles. The van der Waals surface area contributed by atoms with Gasteiger partial charge in [-0.3, -0.25) is 9.98 Å². The van der Waals surface area contributed by atoms with Crippen molar-refractivity contribution in [3.63, 3.8) is 0 Å². The van der Waals surface area contributed by atoms with E-state index in [1.165, 1.54) is 32.1 Å². The molecule has 0 aromatic heterocycles. The van der Waals surface area contributed by atoms with Crippen molar-refractivity contribution in [1.29, 1.82) is 0 Å². The Balaban J connectivity index is 2.60. The first-order valence-corrected chi connectivity index (χ1v) is 6.10. The second kappa shape index (κ2) is 7.15. The molecule has 2 heteroatoms. The zero-order valence-corrected chi connectivity index (χ0v) is 10.4. The summed E-state index contributed by atoms with van der Waals surface area (Å²) >= 11 is 0. The molecule has 0 aromatic rings. The van der Waals surface area contributed by atoms with Gasteiger partial charge in [0.1, 0.15) is 0 Å². The van der Waals surface area contributed by atoms with Gasteiger partial charge in [0.15, 0.2) is 0 Å². The molecule has 0 N–H and O–H groups in total. The van der Waals surface area contributed by atoms with E-state index < -0.39 is 0 Å². The molecule has 1 aliphatic carbocycles. The number of aliphatic imine (C=N–C) groups is 2. The second-order valence-electron chi connectivity index (χ2n) is 4.46. The Bertz CT molecular complexity index is 301. The summed E-state index contributed by atoms with van der Waals surface area (Å²) < 4.78 is 0. The fourth-order valence-corrected chi connectivity index (χ4v) is 1.90. The van der Waals surface area contributed by atoms with Crippen LogP contribution in [0.5, 0.6) is 0 Å². The lowest BCUT2D eigenvalue weighted by Gasteiger charge is -2.17. The van der Waals surface area contributed by atoms with Gasteiger partial charge in [-0.25, -0.2) is 0 Å². The summed E-state index contributed by atoms with van der Waals surface area (Å²) in [5, 5.41) is 0. The first-order valence-electron chi connectivity index (χ1n) is 6.10. The second-order valence-corrected chi connectivity index (χ2v) is 4.46. The van der Waals surface area contributed by atoms with Crippen LogP contribution in [0.25, 0.3) is 0 Å². The van der Waals surface area contributed by atoms with Crippen molar-refractivity contribution < 1.29 is 0 Å². The molecule has 0 aromatic carbocycles. The Labute approximate surface area is 98.9 Å². The Morgan fingerprint density at radius 1 is 1.19 bits per heavy atom. The van der Waals surface area contributed by atoms with Gasteiger partial charge in [-0.1, -0.05) is 31.9 Å². The molecule has 1 rings (SSSR count). The van der Waals surface area contributed by atoms with E-state index in [2.05, 4.69) is 16.6 Å². The van der Waals surface area contributed by atoms with Crippen molar-refractivity contribution in [1.82, 2.24) is 0 Å². The summed E-state index contributed by atoms with van der Waals surface area (Å²) in [5.74, 6) is 0. The van der Waals surface area contributed by atoms with Crippen LogP contribution in [-0.4, -0.2) is 18.0 Å². The lowest BCUT2D eigenvalue weighted by Crippen LogP contribution is -2.09. The van der Waals surface area contributed by atoms with Crippen LogP contribution >= 0.6 is 0 Å². The molecule has 1 saturated carbocycles. The topological polar surface area (TPSA) is 24.7 Å². The van der Waals surface area contributed by atoms with E-state index in [4.69, 9.17) is 0 Å². The van der Waals surface area contributed by atoms with Gasteiger partial charge in [0, 0.05) is 11.9 Å². The van der Waals surface area contributed by atoms with Crippen molar-refractivity contribution in [3.05, 3.63) is 24.4 Å². The Kier molecular flexibility index (Phi) is 5.76.